The number of nitrogens with one attached hydrogen (secondary N) is 2. The summed E-state index contributed by atoms with van der Waals surface area (Å²) in [4.78, 5) is 48.0. The van der Waals surface area contributed by atoms with Gasteiger partial charge in [-0.3, -0.25) is 19.3 Å². The molecule has 128 valence electrons. The summed E-state index contributed by atoms with van der Waals surface area (Å²) in [6, 6.07) is 6.17. The molecule has 0 spiro atoms. The van der Waals surface area contributed by atoms with Gasteiger partial charge in [0.2, 0.25) is 0 Å². The van der Waals surface area contributed by atoms with Gasteiger partial charge < -0.3 is 15.4 Å². The van der Waals surface area contributed by atoms with E-state index < -0.39 is 29.9 Å². The number of imide groups is 1. The van der Waals surface area contributed by atoms with E-state index in [9.17, 15) is 19.2 Å². The summed E-state index contributed by atoms with van der Waals surface area (Å²) in [6.07, 6.45) is -1.11. The summed E-state index contributed by atoms with van der Waals surface area (Å²) in [5.41, 5.74) is 0.384. The molecule has 8 nitrogen and oxygen atoms in total. The van der Waals surface area contributed by atoms with Crippen LogP contribution in [0, 0.1) is 0 Å². The molecule has 24 heavy (non-hydrogen) atoms. The molecule has 1 aromatic carbocycles. The zero-order valence-corrected chi connectivity index (χ0v) is 14.5. The van der Waals surface area contributed by atoms with Crippen molar-refractivity contribution in [3.8, 4) is 0 Å². The predicted molar refractivity (Wildman–Crippen MR) is 87.1 cm³/mol. The molecule has 9 heteroatoms. The highest BCUT2D eigenvalue weighted by atomic mass is 79.9. The van der Waals surface area contributed by atoms with Gasteiger partial charge >= 0.3 is 12.0 Å². The standard InChI is InChI=1S/C15H16BrN3O5/c1-9(14(22)19-6-5-17-15(19)23)24-12(20)8-18-13(21)10-3-2-4-11(16)7-10/h2-4,7,9H,5-6,8H2,1H3,(H,17,23)(H,18,21). The minimum atomic E-state index is -1.11. The van der Waals surface area contributed by atoms with E-state index in [2.05, 4.69) is 26.6 Å². The van der Waals surface area contributed by atoms with Gasteiger partial charge in [-0.15, -0.1) is 0 Å². The molecule has 2 rings (SSSR count). The van der Waals surface area contributed by atoms with Crippen molar-refractivity contribution in [2.75, 3.05) is 19.6 Å². The number of halogens is 1. The van der Waals surface area contributed by atoms with Crippen LogP contribution in [0.15, 0.2) is 28.7 Å². The number of nitrogens with zero attached hydrogens (tertiary/aromatic N) is 1. The van der Waals surface area contributed by atoms with E-state index in [0.717, 1.165) is 9.37 Å². The third-order valence-electron chi connectivity index (χ3n) is 3.26. The molecule has 0 radical (unpaired) electrons. The molecule has 4 amide bonds. The van der Waals surface area contributed by atoms with Crippen LogP contribution in [0.2, 0.25) is 0 Å². The minimum Gasteiger partial charge on any atom is -0.451 e. The van der Waals surface area contributed by atoms with Gasteiger partial charge in [0.25, 0.3) is 11.8 Å². The van der Waals surface area contributed by atoms with Gasteiger partial charge in [0, 0.05) is 23.1 Å². The van der Waals surface area contributed by atoms with Gasteiger partial charge in [0.05, 0.1) is 0 Å². The maximum Gasteiger partial charge on any atom is 0.326 e. The molecule has 0 saturated carbocycles. The predicted octanol–water partition coefficient (Wildman–Crippen LogP) is 0.662. The summed E-state index contributed by atoms with van der Waals surface area (Å²) in [5.74, 6) is -1.80. The van der Waals surface area contributed by atoms with E-state index in [1.807, 2.05) is 0 Å². The molecule has 0 bridgehead atoms. The SMILES string of the molecule is CC(OC(=O)CNC(=O)c1cccc(Br)c1)C(=O)N1CCNC1=O. The maximum absolute atomic E-state index is 12.0. The fourth-order valence-corrected chi connectivity index (χ4v) is 2.47. The number of ether oxygens (including phenoxy) is 1. The van der Waals surface area contributed by atoms with Crippen molar-refractivity contribution in [1.82, 2.24) is 15.5 Å². The van der Waals surface area contributed by atoms with Crippen molar-refractivity contribution in [2.24, 2.45) is 0 Å². The summed E-state index contributed by atoms with van der Waals surface area (Å²) in [7, 11) is 0. The smallest absolute Gasteiger partial charge is 0.326 e. The topological polar surface area (TPSA) is 105 Å². The molecule has 1 atom stereocenters. The van der Waals surface area contributed by atoms with E-state index in [1.54, 1.807) is 24.3 Å². The molecule has 2 N–H and O–H groups in total. The number of urea groups is 1. The highest BCUT2D eigenvalue weighted by Gasteiger charge is 2.31. The van der Waals surface area contributed by atoms with Crippen molar-refractivity contribution >= 4 is 39.7 Å². The number of carbonyl (C=O) groups is 4. The molecule has 1 aliphatic heterocycles. The van der Waals surface area contributed by atoms with E-state index in [-0.39, 0.29) is 13.1 Å². The summed E-state index contributed by atoms with van der Waals surface area (Å²) in [6.45, 7) is 1.60. The van der Waals surface area contributed by atoms with E-state index in [4.69, 9.17) is 4.74 Å². The largest absolute Gasteiger partial charge is 0.451 e. The second-order valence-corrected chi connectivity index (χ2v) is 5.96. The molecule has 0 aromatic heterocycles. The van der Waals surface area contributed by atoms with Gasteiger partial charge in [-0.1, -0.05) is 22.0 Å². The van der Waals surface area contributed by atoms with Crippen molar-refractivity contribution in [1.29, 1.82) is 0 Å². The third kappa shape index (κ3) is 4.54. The Morgan fingerprint density at radius 3 is 2.79 bits per heavy atom. The Morgan fingerprint density at radius 1 is 1.42 bits per heavy atom. The molecule has 1 fully saturated rings. The fourth-order valence-electron chi connectivity index (χ4n) is 2.07. The molecule has 1 aliphatic rings. The van der Waals surface area contributed by atoms with Crippen molar-refractivity contribution < 1.29 is 23.9 Å². The number of hydrogen-bond donors (Lipinski definition) is 2. The Balaban J connectivity index is 1.81. The second kappa shape index (κ2) is 7.91. The minimum absolute atomic E-state index is 0.235. The van der Waals surface area contributed by atoms with Crippen LogP contribution in [0.4, 0.5) is 4.79 Å². The summed E-state index contributed by atoms with van der Waals surface area (Å²) < 4.78 is 5.69. The van der Waals surface area contributed by atoms with Gasteiger partial charge in [0.1, 0.15) is 6.54 Å². The van der Waals surface area contributed by atoms with E-state index in [0.29, 0.717) is 12.1 Å². The quantitative estimate of drug-likeness (QED) is 0.710. The first kappa shape index (κ1) is 17.9. The number of benzene rings is 1. The first-order chi connectivity index (χ1) is 11.4. The summed E-state index contributed by atoms with van der Waals surface area (Å²) >= 11 is 3.25. The second-order valence-electron chi connectivity index (χ2n) is 5.05. The van der Waals surface area contributed by atoms with Crippen LogP contribution >= 0.6 is 15.9 Å². The van der Waals surface area contributed by atoms with Crippen LogP contribution in [0.1, 0.15) is 17.3 Å². The first-order valence-electron chi connectivity index (χ1n) is 7.21. The molecule has 1 saturated heterocycles. The zero-order chi connectivity index (χ0) is 17.7. The van der Waals surface area contributed by atoms with Crippen LogP contribution in [0.25, 0.3) is 0 Å². The first-order valence-corrected chi connectivity index (χ1v) is 8.00. The maximum atomic E-state index is 12.0. The van der Waals surface area contributed by atoms with Crippen molar-refractivity contribution in [3.05, 3.63) is 34.3 Å². The molecule has 1 aromatic rings. The van der Waals surface area contributed by atoms with Crippen LogP contribution in [-0.2, 0) is 14.3 Å². The third-order valence-corrected chi connectivity index (χ3v) is 3.75. The normalized spacial score (nSPS) is 14.8. The molecule has 0 aliphatic carbocycles. The van der Waals surface area contributed by atoms with Gasteiger partial charge in [0.15, 0.2) is 6.10 Å². The molecular formula is C15H16BrN3O5. The molecule has 1 unspecified atom stereocenters. The number of rotatable bonds is 5. The van der Waals surface area contributed by atoms with Crippen molar-refractivity contribution in [3.63, 3.8) is 0 Å². The number of hydrogen-bond acceptors (Lipinski definition) is 5. The lowest BCUT2D eigenvalue weighted by atomic mass is 10.2. The van der Waals surface area contributed by atoms with E-state index >= 15 is 0 Å². The fraction of sp³-hybridized carbons (Fsp3) is 0.333. The Labute approximate surface area is 146 Å². The Hall–Kier alpha value is -2.42. The number of amides is 4. The Morgan fingerprint density at radius 2 is 2.17 bits per heavy atom. The molecule has 1 heterocycles. The van der Waals surface area contributed by atoms with Gasteiger partial charge in [-0.2, -0.15) is 0 Å². The van der Waals surface area contributed by atoms with Crippen molar-refractivity contribution in [2.45, 2.75) is 13.0 Å². The number of esters is 1. The number of carbonyl (C=O) groups excluding carboxylic acids is 4. The molecular weight excluding hydrogens is 382 g/mol. The lowest BCUT2D eigenvalue weighted by molar-refractivity contribution is -0.156. The average Bonchev–Trinajstić information content (AvgIpc) is 2.97. The van der Waals surface area contributed by atoms with Gasteiger partial charge in [-0.05, 0) is 25.1 Å². The Bertz CT molecular complexity index is 679. The van der Waals surface area contributed by atoms with Crippen LogP contribution in [0.3, 0.4) is 0 Å². The van der Waals surface area contributed by atoms with Crippen LogP contribution in [0.5, 0.6) is 0 Å². The van der Waals surface area contributed by atoms with Gasteiger partial charge in [-0.25, -0.2) is 4.79 Å². The highest BCUT2D eigenvalue weighted by molar-refractivity contribution is 9.10. The van der Waals surface area contributed by atoms with Crippen LogP contribution < -0.4 is 10.6 Å². The zero-order valence-electron chi connectivity index (χ0n) is 12.9. The average molecular weight is 398 g/mol. The monoisotopic (exact) mass is 397 g/mol. The summed E-state index contributed by atoms with van der Waals surface area (Å²) in [5, 5.41) is 4.90. The lowest BCUT2D eigenvalue weighted by Gasteiger charge is -2.18. The lowest BCUT2D eigenvalue weighted by Crippen LogP contribution is -2.43. The van der Waals surface area contributed by atoms with E-state index in [1.165, 1.54) is 6.92 Å². The van der Waals surface area contributed by atoms with Crippen LogP contribution in [-0.4, -0.2) is 54.5 Å². The highest BCUT2D eigenvalue weighted by Crippen LogP contribution is 2.11. The Kier molecular flexibility index (Phi) is 5.91.